The standard InChI is InChI=1S/C30H45BrN4O8/c1-4-6-8-22(37)32-19-20(3)42-29(40)23-24-27(38)35(10-7-15-36)26(30(24)18-21(31)25(23)43-30)28(39)34(9-5-2)12-11-33-13-16-41-17-14-33/h4-5,20-21,23-26,36H,1-2,6-19H2,3H3,(H,32,37)/t20-,21?,23-,24+,25-,26-,30+/m1/s1. The fraction of sp³-hybridized carbons (Fsp3) is 0.733. The molecule has 0 aromatic heterocycles. The van der Waals surface area contributed by atoms with Gasteiger partial charge in [-0.05, 0) is 26.2 Å². The molecule has 2 bridgehead atoms. The predicted octanol–water partition coefficient (Wildman–Crippen LogP) is 0.478. The van der Waals surface area contributed by atoms with E-state index in [1.54, 1.807) is 24.0 Å². The molecule has 0 aromatic carbocycles. The molecule has 240 valence electrons. The van der Waals surface area contributed by atoms with Crippen LogP contribution in [-0.2, 0) is 33.4 Å². The van der Waals surface area contributed by atoms with Gasteiger partial charge in [-0.1, -0.05) is 28.1 Å². The van der Waals surface area contributed by atoms with E-state index < -0.39 is 41.7 Å². The molecule has 1 spiro atoms. The number of rotatable bonds is 16. The Morgan fingerprint density at radius 2 is 2.00 bits per heavy atom. The molecule has 2 N–H and O–H groups in total. The number of esters is 1. The first kappa shape index (κ1) is 33.6. The van der Waals surface area contributed by atoms with Crippen molar-refractivity contribution in [3.05, 3.63) is 25.3 Å². The number of ether oxygens (including phenoxy) is 3. The minimum absolute atomic E-state index is 0.130. The first-order valence-corrected chi connectivity index (χ1v) is 16.1. The molecule has 4 saturated heterocycles. The number of allylic oxidation sites excluding steroid dienone is 1. The maximum atomic E-state index is 14.4. The van der Waals surface area contributed by atoms with E-state index in [4.69, 9.17) is 14.2 Å². The minimum atomic E-state index is -1.22. The lowest BCUT2D eigenvalue weighted by Gasteiger charge is -2.38. The second kappa shape index (κ2) is 15.1. The van der Waals surface area contributed by atoms with Gasteiger partial charge in [0.05, 0.1) is 37.7 Å². The molecule has 43 heavy (non-hydrogen) atoms. The van der Waals surface area contributed by atoms with Crippen LogP contribution in [0, 0.1) is 11.8 Å². The molecule has 7 atom stereocenters. The van der Waals surface area contributed by atoms with Crippen molar-refractivity contribution in [1.29, 1.82) is 0 Å². The molecule has 4 rings (SSSR count). The van der Waals surface area contributed by atoms with Gasteiger partial charge in [-0.2, -0.15) is 0 Å². The van der Waals surface area contributed by atoms with Gasteiger partial charge in [0.2, 0.25) is 17.7 Å². The molecule has 12 nitrogen and oxygen atoms in total. The van der Waals surface area contributed by atoms with E-state index >= 15 is 0 Å². The molecule has 0 radical (unpaired) electrons. The lowest BCUT2D eigenvalue weighted by Crippen LogP contribution is -2.57. The van der Waals surface area contributed by atoms with Crippen LogP contribution in [0.5, 0.6) is 0 Å². The predicted molar refractivity (Wildman–Crippen MR) is 161 cm³/mol. The van der Waals surface area contributed by atoms with Gasteiger partial charge in [-0.3, -0.25) is 24.1 Å². The Morgan fingerprint density at radius 1 is 1.26 bits per heavy atom. The summed E-state index contributed by atoms with van der Waals surface area (Å²) in [6.07, 6.45) is 3.55. The smallest absolute Gasteiger partial charge is 0.312 e. The molecular weight excluding hydrogens is 624 g/mol. The average molecular weight is 670 g/mol. The highest BCUT2D eigenvalue weighted by Gasteiger charge is 2.77. The van der Waals surface area contributed by atoms with Gasteiger partial charge in [0.25, 0.3) is 0 Å². The monoisotopic (exact) mass is 668 g/mol. The largest absolute Gasteiger partial charge is 0.460 e. The first-order valence-electron chi connectivity index (χ1n) is 15.2. The molecule has 0 aromatic rings. The van der Waals surface area contributed by atoms with Gasteiger partial charge < -0.3 is 34.4 Å². The zero-order chi connectivity index (χ0) is 31.1. The second-order valence-corrected chi connectivity index (χ2v) is 12.9. The van der Waals surface area contributed by atoms with Gasteiger partial charge in [-0.25, -0.2) is 0 Å². The maximum Gasteiger partial charge on any atom is 0.312 e. The third-order valence-corrected chi connectivity index (χ3v) is 9.63. The summed E-state index contributed by atoms with van der Waals surface area (Å²) in [5.41, 5.74) is -1.22. The van der Waals surface area contributed by atoms with Crippen LogP contribution in [0.3, 0.4) is 0 Å². The Hall–Kier alpha value is -2.32. The van der Waals surface area contributed by atoms with Crippen LogP contribution in [0.4, 0.5) is 0 Å². The van der Waals surface area contributed by atoms with E-state index in [1.807, 2.05) is 0 Å². The number of hydrogen-bond donors (Lipinski definition) is 2. The normalized spacial score (nSPS) is 30.5. The summed E-state index contributed by atoms with van der Waals surface area (Å²) in [6, 6.07) is -0.953. The van der Waals surface area contributed by atoms with Crippen molar-refractivity contribution < 1.29 is 38.5 Å². The average Bonchev–Trinajstić information content (AvgIpc) is 3.59. The Bertz CT molecular complexity index is 1060. The summed E-state index contributed by atoms with van der Waals surface area (Å²) in [5, 5.41) is 12.4. The highest BCUT2D eigenvalue weighted by Crippen LogP contribution is 2.60. The van der Waals surface area contributed by atoms with E-state index in [1.165, 1.54) is 4.90 Å². The van der Waals surface area contributed by atoms with Crippen molar-refractivity contribution in [3.63, 3.8) is 0 Å². The van der Waals surface area contributed by atoms with E-state index in [-0.39, 0.29) is 48.7 Å². The summed E-state index contributed by atoms with van der Waals surface area (Å²) < 4.78 is 17.7. The number of amides is 3. The first-order chi connectivity index (χ1) is 20.7. The van der Waals surface area contributed by atoms with Crippen LogP contribution in [-0.4, -0.2) is 138 Å². The molecule has 0 aliphatic carbocycles. The lowest BCUT2D eigenvalue weighted by molar-refractivity contribution is -0.159. The SMILES string of the molecule is C=CCCC(=O)NC[C@@H](C)OC(=O)[C@H]1[C@@H]2O[C@@]3(CC2Br)[C@@H]1C(=O)N(CCCO)[C@@H]3C(=O)N(CC=C)CCN1CCOCC1. The summed E-state index contributed by atoms with van der Waals surface area (Å²) in [5.74, 6) is -3.17. The minimum Gasteiger partial charge on any atom is -0.460 e. The topological polar surface area (TPSA) is 138 Å². The Morgan fingerprint density at radius 3 is 2.67 bits per heavy atom. The highest BCUT2D eigenvalue weighted by atomic mass is 79.9. The van der Waals surface area contributed by atoms with Crippen molar-refractivity contribution in [2.24, 2.45) is 11.8 Å². The van der Waals surface area contributed by atoms with Crippen molar-refractivity contribution in [2.45, 2.75) is 61.3 Å². The fourth-order valence-corrected chi connectivity index (χ4v) is 7.71. The molecular formula is C30H45BrN4O8. The molecule has 4 heterocycles. The van der Waals surface area contributed by atoms with Crippen LogP contribution < -0.4 is 5.32 Å². The number of halogens is 1. The maximum absolute atomic E-state index is 14.4. The number of carbonyl (C=O) groups excluding carboxylic acids is 4. The van der Waals surface area contributed by atoms with Crippen molar-refractivity contribution in [1.82, 2.24) is 20.0 Å². The number of morpholine rings is 1. The molecule has 1 unspecified atom stereocenters. The van der Waals surface area contributed by atoms with E-state index in [2.05, 4.69) is 39.3 Å². The quantitative estimate of drug-likeness (QED) is 0.137. The zero-order valence-corrected chi connectivity index (χ0v) is 26.5. The number of nitrogens with zero attached hydrogens (tertiary/aromatic N) is 3. The van der Waals surface area contributed by atoms with Gasteiger partial charge in [0.1, 0.15) is 17.7 Å². The molecule has 13 heteroatoms. The number of aliphatic hydroxyl groups excluding tert-OH is 1. The van der Waals surface area contributed by atoms with Crippen molar-refractivity contribution in [3.8, 4) is 0 Å². The third kappa shape index (κ3) is 7.16. The van der Waals surface area contributed by atoms with Crippen LogP contribution in [0.1, 0.15) is 32.6 Å². The fourth-order valence-electron chi connectivity index (χ4n) is 6.76. The molecule has 3 amide bonds. The molecule has 4 aliphatic rings. The summed E-state index contributed by atoms with van der Waals surface area (Å²) in [6.45, 7) is 13.5. The Labute approximate surface area is 261 Å². The van der Waals surface area contributed by atoms with Crippen molar-refractivity contribution >= 4 is 39.6 Å². The van der Waals surface area contributed by atoms with Gasteiger partial charge in [0.15, 0.2) is 0 Å². The highest BCUT2D eigenvalue weighted by molar-refractivity contribution is 9.09. The van der Waals surface area contributed by atoms with Crippen LogP contribution >= 0.6 is 15.9 Å². The molecule has 0 saturated carbocycles. The summed E-state index contributed by atoms with van der Waals surface area (Å²) in [4.78, 5) is 59.2. The number of carbonyl (C=O) groups is 4. The zero-order valence-electron chi connectivity index (χ0n) is 25.0. The summed E-state index contributed by atoms with van der Waals surface area (Å²) >= 11 is 3.67. The van der Waals surface area contributed by atoms with Crippen LogP contribution in [0.2, 0.25) is 0 Å². The number of likely N-dealkylation sites (tertiary alicyclic amines) is 1. The molecule has 4 fully saturated rings. The van der Waals surface area contributed by atoms with Gasteiger partial charge in [-0.15, -0.1) is 13.2 Å². The van der Waals surface area contributed by atoms with Crippen LogP contribution in [0.15, 0.2) is 25.3 Å². The van der Waals surface area contributed by atoms with E-state index in [0.717, 1.165) is 13.1 Å². The number of aliphatic hydroxyl groups is 1. The Balaban J connectivity index is 1.54. The number of hydrogen-bond acceptors (Lipinski definition) is 9. The van der Waals surface area contributed by atoms with Crippen LogP contribution in [0.25, 0.3) is 0 Å². The number of alkyl halides is 1. The van der Waals surface area contributed by atoms with Gasteiger partial charge >= 0.3 is 5.97 Å². The van der Waals surface area contributed by atoms with E-state index in [9.17, 15) is 24.3 Å². The lowest BCUT2D eigenvalue weighted by atomic mass is 9.70. The van der Waals surface area contributed by atoms with E-state index in [0.29, 0.717) is 52.1 Å². The third-order valence-electron chi connectivity index (χ3n) is 8.78. The van der Waals surface area contributed by atoms with Crippen molar-refractivity contribution in [2.75, 3.05) is 65.6 Å². The Kier molecular flexibility index (Phi) is 11.8. The van der Waals surface area contributed by atoms with Gasteiger partial charge in [0, 0.05) is 57.1 Å². The summed E-state index contributed by atoms with van der Waals surface area (Å²) in [7, 11) is 0. The number of fused-ring (bicyclic) bond motifs is 1. The number of nitrogens with one attached hydrogen (secondary N) is 1. The molecule has 4 aliphatic heterocycles. The second-order valence-electron chi connectivity index (χ2n) is 11.7.